The zero-order valence-corrected chi connectivity index (χ0v) is 19.2. The summed E-state index contributed by atoms with van der Waals surface area (Å²) in [7, 11) is 0. The predicted molar refractivity (Wildman–Crippen MR) is 123 cm³/mol. The molecule has 0 atom stereocenters. The lowest BCUT2D eigenvalue weighted by atomic mass is 10.0. The molecule has 0 spiro atoms. The minimum atomic E-state index is -0.139. The molecule has 5 heteroatoms. The van der Waals surface area contributed by atoms with Gasteiger partial charge < -0.3 is 4.74 Å². The van der Waals surface area contributed by atoms with Crippen LogP contribution in [-0.2, 0) is 9.53 Å². The van der Waals surface area contributed by atoms with E-state index in [1.54, 1.807) is 12.1 Å². The molecule has 0 N–H and O–H groups in total. The number of amides is 2. The molecule has 2 amide bonds. The van der Waals surface area contributed by atoms with E-state index < -0.39 is 0 Å². The summed E-state index contributed by atoms with van der Waals surface area (Å²) in [4.78, 5) is 37.3. The number of benzene rings is 1. The Balaban J connectivity index is 1.36. The van der Waals surface area contributed by atoms with Gasteiger partial charge in [-0.1, -0.05) is 82.8 Å². The van der Waals surface area contributed by atoms with E-state index in [4.69, 9.17) is 4.74 Å². The fraction of sp³-hybridized carbons (Fsp3) is 0.654. The molecule has 0 radical (unpaired) electrons. The molecule has 0 saturated carbocycles. The summed E-state index contributed by atoms with van der Waals surface area (Å²) in [6.45, 7) is 2.86. The maximum atomic E-state index is 12.3. The van der Waals surface area contributed by atoms with Crippen molar-refractivity contribution < 1.29 is 19.1 Å². The smallest absolute Gasteiger partial charge is 0.305 e. The molecule has 0 aliphatic carbocycles. The lowest BCUT2D eigenvalue weighted by Crippen LogP contribution is -2.30. The van der Waals surface area contributed by atoms with Gasteiger partial charge in [0.15, 0.2) is 0 Å². The fourth-order valence-corrected chi connectivity index (χ4v) is 4.16. The minimum Gasteiger partial charge on any atom is -0.466 e. The number of esters is 1. The molecule has 1 heterocycles. The fourth-order valence-electron chi connectivity index (χ4n) is 4.16. The third kappa shape index (κ3) is 8.84. The first-order valence-electron chi connectivity index (χ1n) is 12.3. The SMILES string of the molecule is CCOC(=O)CCCCCCCCCCCCCCCN1C(=O)c2ccccc2C1=O. The maximum absolute atomic E-state index is 12.3. The van der Waals surface area contributed by atoms with Crippen LogP contribution in [0.3, 0.4) is 0 Å². The molecule has 1 aliphatic rings. The monoisotopic (exact) mass is 429 g/mol. The number of hydrogen-bond acceptors (Lipinski definition) is 4. The van der Waals surface area contributed by atoms with Gasteiger partial charge in [-0.05, 0) is 31.9 Å². The van der Waals surface area contributed by atoms with E-state index >= 15 is 0 Å². The van der Waals surface area contributed by atoms with Gasteiger partial charge in [-0.25, -0.2) is 0 Å². The van der Waals surface area contributed by atoms with Crippen LogP contribution in [0.5, 0.6) is 0 Å². The van der Waals surface area contributed by atoms with Crippen LogP contribution in [0.15, 0.2) is 24.3 Å². The van der Waals surface area contributed by atoms with E-state index in [0.29, 0.717) is 30.7 Å². The second-order valence-electron chi connectivity index (χ2n) is 8.46. The average molecular weight is 430 g/mol. The molecule has 5 nitrogen and oxygen atoms in total. The summed E-state index contributed by atoms with van der Waals surface area (Å²) in [5.74, 6) is -0.342. The molecule has 1 aliphatic heterocycles. The third-order valence-corrected chi connectivity index (χ3v) is 5.95. The van der Waals surface area contributed by atoms with Crippen molar-refractivity contribution in [3.63, 3.8) is 0 Å². The molecular formula is C26H39NO4. The Morgan fingerprint density at radius 2 is 1.13 bits per heavy atom. The second kappa shape index (κ2) is 14.8. The molecule has 0 saturated heterocycles. The zero-order chi connectivity index (χ0) is 22.3. The number of hydrogen-bond donors (Lipinski definition) is 0. The maximum Gasteiger partial charge on any atom is 0.305 e. The molecule has 0 aromatic heterocycles. The molecule has 0 bridgehead atoms. The highest BCUT2D eigenvalue weighted by molar-refractivity contribution is 6.21. The van der Waals surface area contributed by atoms with Gasteiger partial charge in [-0.15, -0.1) is 0 Å². The lowest BCUT2D eigenvalue weighted by Gasteiger charge is -2.13. The number of rotatable bonds is 17. The van der Waals surface area contributed by atoms with Crippen molar-refractivity contribution in [3.8, 4) is 0 Å². The number of carbonyl (C=O) groups is 3. The summed E-state index contributed by atoms with van der Waals surface area (Å²) in [6, 6.07) is 7.09. The molecule has 0 fully saturated rings. The van der Waals surface area contributed by atoms with Crippen molar-refractivity contribution in [1.29, 1.82) is 0 Å². The van der Waals surface area contributed by atoms with Crippen molar-refractivity contribution >= 4 is 17.8 Å². The van der Waals surface area contributed by atoms with Gasteiger partial charge in [-0.2, -0.15) is 0 Å². The quantitative estimate of drug-likeness (QED) is 0.165. The molecule has 2 rings (SSSR count). The van der Waals surface area contributed by atoms with Crippen molar-refractivity contribution in [1.82, 2.24) is 4.90 Å². The molecular weight excluding hydrogens is 390 g/mol. The first kappa shape index (κ1) is 25.1. The molecule has 1 aromatic carbocycles. The third-order valence-electron chi connectivity index (χ3n) is 5.95. The molecule has 172 valence electrons. The van der Waals surface area contributed by atoms with Crippen LogP contribution in [0.25, 0.3) is 0 Å². The number of unbranched alkanes of at least 4 members (excludes halogenated alkanes) is 12. The standard InChI is InChI=1S/C26H39NO4/c1-2-31-24(28)20-14-12-10-8-6-4-3-5-7-9-11-13-17-21-27-25(29)22-18-15-16-19-23(22)26(27)30/h15-16,18-19H,2-14,17,20-21H2,1H3. The van der Waals surface area contributed by atoms with Gasteiger partial charge in [0.05, 0.1) is 17.7 Å². The average Bonchev–Trinajstić information content (AvgIpc) is 3.01. The highest BCUT2D eigenvalue weighted by Gasteiger charge is 2.34. The first-order chi connectivity index (χ1) is 15.1. The largest absolute Gasteiger partial charge is 0.466 e. The van der Waals surface area contributed by atoms with Crippen molar-refractivity contribution in [2.24, 2.45) is 0 Å². The van der Waals surface area contributed by atoms with Crippen molar-refractivity contribution in [3.05, 3.63) is 35.4 Å². The number of ether oxygens (including phenoxy) is 1. The van der Waals surface area contributed by atoms with Crippen LogP contribution in [0.1, 0.15) is 118 Å². The van der Waals surface area contributed by atoms with Crippen LogP contribution in [-0.4, -0.2) is 35.8 Å². The minimum absolute atomic E-state index is 0.0638. The molecule has 1 aromatic rings. The van der Waals surface area contributed by atoms with Gasteiger partial charge in [0.1, 0.15) is 0 Å². The van der Waals surface area contributed by atoms with Crippen LogP contribution in [0.4, 0.5) is 0 Å². The van der Waals surface area contributed by atoms with Crippen LogP contribution in [0, 0.1) is 0 Å². The number of nitrogens with zero attached hydrogens (tertiary/aromatic N) is 1. The Kier molecular flexibility index (Phi) is 12.0. The molecule has 31 heavy (non-hydrogen) atoms. The van der Waals surface area contributed by atoms with Gasteiger partial charge in [0.2, 0.25) is 0 Å². The number of imide groups is 1. The normalized spacial score (nSPS) is 13.0. The van der Waals surface area contributed by atoms with Crippen LogP contribution >= 0.6 is 0 Å². The van der Waals surface area contributed by atoms with E-state index in [0.717, 1.165) is 25.7 Å². The van der Waals surface area contributed by atoms with Crippen LogP contribution < -0.4 is 0 Å². The second-order valence-corrected chi connectivity index (χ2v) is 8.46. The highest BCUT2D eigenvalue weighted by atomic mass is 16.5. The van der Waals surface area contributed by atoms with E-state index in [-0.39, 0.29) is 17.8 Å². The van der Waals surface area contributed by atoms with Gasteiger partial charge in [0, 0.05) is 13.0 Å². The summed E-state index contributed by atoms with van der Waals surface area (Å²) < 4.78 is 4.93. The summed E-state index contributed by atoms with van der Waals surface area (Å²) in [5, 5.41) is 0. The van der Waals surface area contributed by atoms with Gasteiger partial charge in [0.25, 0.3) is 11.8 Å². The van der Waals surface area contributed by atoms with Crippen molar-refractivity contribution in [2.75, 3.05) is 13.2 Å². The Hall–Kier alpha value is -2.17. The summed E-state index contributed by atoms with van der Waals surface area (Å²) in [5.41, 5.74) is 1.09. The Bertz CT molecular complexity index is 665. The predicted octanol–water partition coefficient (Wildman–Crippen LogP) is 6.31. The van der Waals surface area contributed by atoms with Crippen molar-refractivity contribution in [2.45, 2.75) is 96.8 Å². The summed E-state index contributed by atoms with van der Waals surface area (Å²) >= 11 is 0. The van der Waals surface area contributed by atoms with E-state index in [9.17, 15) is 14.4 Å². The van der Waals surface area contributed by atoms with E-state index in [2.05, 4.69) is 0 Å². The Morgan fingerprint density at radius 1 is 0.710 bits per heavy atom. The number of fused-ring (bicyclic) bond motifs is 1. The summed E-state index contributed by atoms with van der Waals surface area (Å²) in [6.07, 6.45) is 15.9. The number of carbonyl (C=O) groups excluding carboxylic acids is 3. The van der Waals surface area contributed by atoms with Gasteiger partial charge >= 0.3 is 5.97 Å². The zero-order valence-electron chi connectivity index (χ0n) is 19.2. The Labute approximate surface area is 187 Å². The lowest BCUT2D eigenvalue weighted by molar-refractivity contribution is -0.143. The molecule has 0 unspecified atom stereocenters. The van der Waals surface area contributed by atoms with E-state index in [1.807, 2.05) is 19.1 Å². The topological polar surface area (TPSA) is 63.7 Å². The first-order valence-corrected chi connectivity index (χ1v) is 12.3. The van der Waals surface area contributed by atoms with E-state index in [1.165, 1.54) is 62.7 Å². The highest BCUT2D eigenvalue weighted by Crippen LogP contribution is 2.23. The Morgan fingerprint density at radius 3 is 1.58 bits per heavy atom. The van der Waals surface area contributed by atoms with Crippen LogP contribution in [0.2, 0.25) is 0 Å². The van der Waals surface area contributed by atoms with Gasteiger partial charge in [-0.3, -0.25) is 19.3 Å².